The van der Waals surface area contributed by atoms with Crippen LogP contribution in [0.25, 0.3) is 0 Å². The standard InChI is InChI=1S/C14H17ClIN3/c1-14(2,3)19-9-10(8-18-19)7-17-13-5-4-11(15)6-12(13)16/h4-6,8-9,17H,7H2,1-3H3. The molecule has 0 fully saturated rings. The fraction of sp³-hybridized carbons (Fsp3) is 0.357. The van der Waals surface area contributed by atoms with Gasteiger partial charge < -0.3 is 5.32 Å². The van der Waals surface area contributed by atoms with Gasteiger partial charge >= 0.3 is 0 Å². The molecule has 102 valence electrons. The SMILES string of the molecule is CC(C)(C)n1cc(CNc2ccc(Cl)cc2I)cn1. The Morgan fingerprint density at radius 3 is 2.68 bits per heavy atom. The first-order valence-corrected chi connectivity index (χ1v) is 7.55. The zero-order chi connectivity index (χ0) is 14.0. The maximum Gasteiger partial charge on any atom is 0.0543 e. The Hall–Kier alpha value is -0.750. The van der Waals surface area contributed by atoms with Crippen molar-refractivity contribution in [2.75, 3.05) is 5.32 Å². The maximum absolute atomic E-state index is 5.94. The van der Waals surface area contributed by atoms with Gasteiger partial charge in [0.15, 0.2) is 0 Å². The topological polar surface area (TPSA) is 29.9 Å². The van der Waals surface area contributed by atoms with Crippen molar-refractivity contribution < 1.29 is 0 Å². The molecule has 2 rings (SSSR count). The normalized spacial score (nSPS) is 11.6. The van der Waals surface area contributed by atoms with E-state index >= 15 is 0 Å². The second kappa shape index (κ2) is 5.71. The van der Waals surface area contributed by atoms with Crippen molar-refractivity contribution in [3.63, 3.8) is 0 Å². The van der Waals surface area contributed by atoms with Gasteiger partial charge in [-0.25, -0.2) is 0 Å². The smallest absolute Gasteiger partial charge is 0.0543 e. The summed E-state index contributed by atoms with van der Waals surface area (Å²) < 4.78 is 3.10. The van der Waals surface area contributed by atoms with Gasteiger partial charge in [0, 0.05) is 32.6 Å². The first-order chi connectivity index (χ1) is 8.86. The van der Waals surface area contributed by atoms with E-state index in [0.717, 1.165) is 20.8 Å². The molecule has 0 aliphatic heterocycles. The summed E-state index contributed by atoms with van der Waals surface area (Å²) >= 11 is 8.22. The molecule has 0 radical (unpaired) electrons. The number of hydrogen-bond acceptors (Lipinski definition) is 2. The molecule has 0 aliphatic rings. The third kappa shape index (κ3) is 3.86. The molecular formula is C14H17ClIN3. The molecule has 2 aromatic rings. The van der Waals surface area contributed by atoms with E-state index in [-0.39, 0.29) is 5.54 Å². The maximum atomic E-state index is 5.94. The molecule has 0 saturated carbocycles. The van der Waals surface area contributed by atoms with Gasteiger partial charge in [-0.2, -0.15) is 5.10 Å². The van der Waals surface area contributed by atoms with E-state index in [4.69, 9.17) is 11.6 Å². The van der Waals surface area contributed by atoms with Gasteiger partial charge in [0.1, 0.15) is 0 Å². The summed E-state index contributed by atoms with van der Waals surface area (Å²) in [6.07, 6.45) is 3.98. The third-order valence-electron chi connectivity index (χ3n) is 2.74. The van der Waals surface area contributed by atoms with Crippen LogP contribution in [0.3, 0.4) is 0 Å². The minimum absolute atomic E-state index is 0.0208. The van der Waals surface area contributed by atoms with Gasteiger partial charge in [-0.05, 0) is 61.6 Å². The number of rotatable bonds is 3. The Labute approximate surface area is 132 Å². The highest BCUT2D eigenvalue weighted by atomic mass is 127. The van der Waals surface area contributed by atoms with Crippen molar-refractivity contribution >= 4 is 39.9 Å². The third-order valence-corrected chi connectivity index (χ3v) is 3.87. The Kier molecular flexibility index (Phi) is 4.40. The number of anilines is 1. The Morgan fingerprint density at radius 1 is 1.37 bits per heavy atom. The quantitative estimate of drug-likeness (QED) is 0.783. The molecule has 0 spiro atoms. The van der Waals surface area contributed by atoms with E-state index in [0.29, 0.717) is 0 Å². The van der Waals surface area contributed by atoms with Crippen molar-refractivity contribution in [3.05, 3.63) is 44.7 Å². The van der Waals surface area contributed by atoms with Crippen LogP contribution in [0.2, 0.25) is 5.02 Å². The highest BCUT2D eigenvalue weighted by Gasteiger charge is 2.13. The first kappa shape index (κ1) is 14.7. The second-order valence-electron chi connectivity index (χ2n) is 5.44. The molecule has 0 aliphatic carbocycles. The Morgan fingerprint density at radius 2 is 2.11 bits per heavy atom. The second-order valence-corrected chi connectivity index (χ2v) is 7.04. The number of aromatic nitrogens is 2. The fourth-order valence-corrected chi connectivity index (χ4v) is 2.71. The predicted octanol–water partition coefficient (Wildman–Crippen LogP) is 4.51. The summed E-state index contributed by atoms with van der Waals surface area (Å²) in [7, 11) is 0. The molecule has 0 unspecified atom stereocenters. The van der Waals surface area contributed by atoms with Crippen LogP contribution in [-0.2, 0) is 12.1 Å². The van der Waals surface area contributed by atoms with Gasteiger partial charge in [-0.15, -0.1) is 0 Å². The van der Waals surface area contributed by atoms with Crippen molar-refractivity contribution in [3.8, 4) is 0 Å². The highest BCUT2D eigenvalue weighted by Crippen LogP contribution is 2.23. The lowest BCUT2D eigenvalue weighted by Gasteiger charge is -2.18. The number of benzene rings is 1. The minimum atomic E-state index is 0.0208. The van der Waals surface area contributed by atoms with Crippen LogP contribution >= 0.6 is 34.2 Å². The molecule has 1 heterocycles. The molecule has 0 saturated heterocycles. The molecule has 0 bridgehead atoms. The van der Waals surface area contributed by atoms with E-state index < -0.39 is 0 Å². The number of halogens is 2. The Bertz CT molecular complexity index is 572. The monoisotopic (exact) mass is 389 g/mol. The average molecular weight is 390 g/mol. The molecule has 0 atom stereocenters. The summed E-state index contributed by atoms with van der Waals surface area (Å²) in [5.74, 6) is 0. The van der Waals surface area contributed by atoms with Crippen LogP contribution in [0.5, 0.6) is 0 Å². The summed E-state index contributed by atoms with van der Waals surface area (Å²) in [4.78, 5) is 0. The number of nitrogens with zero attached hydrogens (tertiary/aromatic N) is 2. The van der Waals surface area contributed by atoms with E-state index in [9.17, 15) is 0 Å². The molecule has 0 amide bonds. The molecule has 5 heteroatoms. The Balaban J connectivity index is 2.04. The van der Waals surface area contributed by atoms with Crippen molar-refractivity contribution in [1.29, 1.82) is 0 Å². The summed E-state index contributed by atoms with van der Waals surface area (Å²) in [6.45, 7) is 7.17. The highest BCUT2D eigenvalue weighted by molar-refractivity contribution is 14.1. The van der Waals surface area contributed by atoms with E-state index in [1.807, 2.05) is 29.1 Å². The first-order valence-electron chi connectivity index (χ1n) is 6.09. The summed E-state index contributed by atoms with van der Waals surface area (Å²) in [5, 5.41) is 8.55. The molecule has 1 N–H and O–H groups in total. The van der Waals surface area contributed by atoms with Crippen molar-refractivity contribution in [1.82, 2.24) is 9.78 Å². The minimum Gasteiger partial charge on any atom is -0.380 e. The lowest BCUT2D eigenvalue weighted by Crippen LogP contribution is -2.21. The average Bonchev–Trinajstić information content (AvgIpc) is 2.76. The lowest BCUT2D eigenvalue weighted by molar-refractivity contribution is 0.355. The van der Waals surface area contributed by atoms with Crippen LogP contribution in [0.15, 0.2) is 30.6 Å². The lowest BCUT2D eigenvalue weighted by atomic mass is 10.1. The molecule has 19 heavy (non-hydrogen) atoms. The number of nitrogens with one attached hydrogen (secondary N) is 1. The predicted molar refractivity (Wildman–Crippen MR) is 88.7 cm³/mol. The molecular weight excluding hydrogens is 373 g/mol. The molecule has 3 nitrogen and oxygen atoms in total. The number of hydrogen-bond donors (Lipinski definition) is 1. The van der Waals surface area contributed by atoms with E-state index in [2.05, 4.69) is 60.0 Å². The van der Waals surface area contributed by atoms with Gasteiger partial charge in [0.25, 0.3) is 0 Å². The van der Waals surface area contributed by atoms with E-state index in [1.165, 1.54) is 5.56 Å². The zero-order valence-electron chi connectivity index (χ0n) is 11.2. The van der Waals surface area contributed by atoms with Crippen LogP contribution < -0.4 is 5.32 Å². The largest absolute Gasteiger partial charge is 0.380 e. The van der Waals surface area contributed by atoms with Gasteiger partial charge in [-0.3, -0.25) is 4.68 Å². The zero-order valence-corrected chi connectivity index (χ0v) is 14.2. The molecule has 1 aromatic heterocycles. The molecule has 1 aromatic carbocycles. The van der Waals surface area contributed by atoms with Gasteiger partial charge in [0.2, 0.25) is 0 Å². The van der Waals surface area contributed by atoms with Crippen LogP contribution in [0.1, 0.15) is 26.3 Å². The van der Waals surface area contributed by atoms with Crippen molar-refractivity contribution in [2.45, 2.75) is 32.9 Å². The van der Waals surface area contributed by atoms with Crippen LogP contribution in [-0.4, -0.2) is 9.78 Å². The fourth-order valence-electron chi connectivity index (χ4n) is 1.65. The van der Waals surface area contributed by atoms with Crippen LogP contribution in [0.4, 0.5) is 5.69 Å². The van der Waals surface area contributed by atoms with Crippen LogP contribution in [0, 0.1) is 3.57 Å². The summed E-state index contributed by atoms with van der Waals surface area (Å²) in [6, 6.07) is 5.84. The van der Waals surface area contributed by atoms with Crippen molar-refractivity contribution in [2.24, 2.45) is 0 Å². The summed E-state index contributed by atoms with van der Waals surface area (Å²) in [5.41, 5.74) is 2.28. The van der Waals surface area contributed by atoms with Gasteiger partial charge in [-0.1, -0.05) is 11.6 Å². The van der Waals surface area contributed by atoms with E-state index in [1.54, 1.807) is 0 Å². The van der Waals surface area contributed by atoms with Gasteiger partial charge in [0.05, 0.1) is 11.7 Å².